The number of aromatic amines is 1. The fraction of sp³-hybridized carbons (Fsp3) is 0.333. The van der Waals surface area contributed by atoms with Crippen LogP contribution in [0, 0.1) is 0 Å². The fourth-order valence-corrected chi connectivity index (χ4v) is 2.44. The summed E-state index contributed by atoms with van der Waals surface area (Å²) in [6.07, 6.45) is 0. The summed E-state index contributed by atoms with van der Waals surface area (Å²) < 4.78 is 1.10. The number of halogens is 1. The SMILES string of the molecule is CC(C)c1[nH]c2c(Br)cccc2c1CN. The topological polar surface area (TPSA) is 41.8 Å². The summed E-state index contributed by atoms with van der Waals surface area (Å²) >= 11 is 3.55. The maximum atomic E-state index is 5.81. The van der Waals surface area contributed by atoms with Gasteiger partial charge in [0.2, 0.25) is 0 Å². The van der Waals surface area contributed by atoms with Gasteiger partial charge in [-0.2, -0.15) is 0 Å². The first-order valence-corrected chi connectivity index (χ1v) is 5.93. The smallest absolute Gasteiger partial charge is 0.0603 e. The van der Waals surface area contributed by atoms with Crippen molar-refractivity contribution in [2.75, 3.05) is 0 Å². The predicted molar refractivity (Wildman–Crippen MR) is 68.0 cm³/mol. The van der Waals surface area contributed by atoms with E-state index in [-0.39, 0.29) is 0 Å². The third-order valence-corrected chi connectivity index (χ3v) is 3.37. The van der Waals surface area contributed by atoms with E-state index < -0.39 is 0 Å². The maximum absolute atomic E-state index is 5.81. The van der Waals surface area contributed by atoms with Crippen LogP contribution in [0.4, 0.5) is 0 Å². The molecule has 0 unspecified atom stereocenters. The molecule has 0 radical (unpaired) electrons. The highest BCUT2D eigenvalue weighted by Gasteiger charge is 2.13. The molecule has 2 rings (SSSR count). The molecule has 0 aliphatic rings. The van der Waals surface area contributed by atoms with Crippen LogP contribution < -0.4 is 5.73 Å². The minimum absolute atomic E-state index is 0.475. The molecule has 0 saturated heterocycles. The normalized spacial score (nSPS) is 11.5. The molecule has 0 saturated carbocycles. The van der Waals surface area contributed by atoms with E-state index in [0.29, 0.717) is 12.5 Å². The Kier molecular flexibility index (Phi) is 2.85. The molecule has 0 atom stereocenters. The van der Waals surface area contributed by atoms with Crippen LogP contribution in [0.1, 0.15) is 31.0 Å². The summed E-state index contributed by atoms with van der Waals surface area (Å²) in [6.45, 7) is 4.94. The van der Waals surface area contributed by atoms with Gasteiger partial charge in [-0.25, -0.2) is 0 Å². The highest BCUT2D eigenvalue weighted by Crippen LogP contribution is 2.31. The molecule has 0 fully saturated rings. The van der Waals surface area contributed by atoms with Crippen LogP contribution in [0.25, 0.3) is 10.9 Å². The Morgan fingerprint density at radius 2 is 2.13 bits per heavy atom. The van der Waals surface area contributed by atoms with Gasteiger partial charge < -0.3 is 10.7 Å². The van der Waals surface area contributed by atoms with Gasteiger partial charge in [-0.15, -0.1) is 0 Å². The Hall–Kier alpha value is -0.800. The summed E-state index contributed by atoms with van der Waals surface area (Å²) in [5, 5.41) is 1.23. The van der Waals surface area contributed by atoms with Crippen LogP contribution >= 0.6 is 15.9 Å². The lowest BCUT2D eigenvalue weighted by atomic mass is 10.0. The van der Waals surface area contributed by atoms with E-state index in [1.54, 1.807) is 0 Å². The summed E-state index contributed by atoms with van der Waals surface area (Å²) in [5.41, 5.74) is 9.45. The summed E-state index contributed by atoms with van der Waals surface area (Å²) in [5.74, 6) is 0.475. The van der Waals surface area contributed by atoms with Crippen molar-refractivity contribution < 1.29 is 0 Å². The second kappa shape index (κ2) is 3.99. The van der Waals surface area contributed by atoms with Crippen molar-refractivity contribution in [2.24, 2.45) is 5.73 Å². The standard InChI is InChI=1S/C12H15BrN2/c1-7(2)11-9(6-14)8-4-3-5-10(13)12(8)15-11/h3-5,7,15H,6,14H2,1-2H3. The van der Waals surface area contributed by atoms with Crippen LogP contribution in [0.3, 0.4) is 0 Å². The Morgan fingerprint density at radius 3 is 2.73 bits per heavy atom. The van der Waals surface area contributed by atoms with Crippen molar-refractivity contribution in [3.63, 3.8) is 0 Å². The van der Waals surface area contributed by atoms with Crippen LogP contribution in [-0.4, -0.2) is 4.98 Å². The van der Waals surface area contributed by atoms with Crippen LogP contribution in [0.15, 0.2) is 22.7 Å². The Labute approximate surface area is 98.0 Å². The molecule has 2 aromatic rings. The van der Waals surface area contributed by atoms with Crippen molar-refractivity contribution in [1.29, 1.82) is 0 Å². The number of H-pyrrole nitrogens is 1. The van der Waals surface area contributed by atoms with Crippen LogP contribution in [0.2, 0.25) is 0 Å². The number of nitrogens with one attached hydrogen (secondary N) is 1. The average Bonchev–Trinajstić information content (AvgIpc) is 2.57. The molecule has 15 heavy (non-hydrogen) atoms. The highest BCUT2D eigenvalue weighted by atomic mass is 79.9. The van der Waals surface area contributed by atoms with Gasteiger partial charge in [-0.05, 0) is 33.5 Å². The third-order valence-electron chi connectivity index (χ3n) is 2.70. The number of fused-ring (bicyclic) bond motifs is 1. The van der Waals surface area contributed by atoms with Crippen molar-refractivity contribution in [3.05, 3.63) is 33.9 Å². The van der Waals surface area contributed by atoms with Crippen molar-refractivity contribution in [3.8, 4) is 0 Å². The quantitative estimate of drug-likeness (QED) is 0.858. The Balaban J connectivity index is 2.78. The monoisotopic (exact) mass is 266 g/mol. The van der Waals surface area contributed by atoms with Gasteiger partial charge in [0.05, 0.1) is 5.52 Å². The molecule has 3 N–H and O–H groups in total. The number of aromatic nitrogens is 1. The molecule has 1 heterocycles. The summed E-state index contributed by atoms with van der Waals surface area (Å²) in [6, 6.07) is 6.21. The van der Waals surface area contributed by atoms with Crippen molar-refractivity contribution in [2.45, 2.75) is 26.3 Å². The van der Waals surface area contributed by atoms with Gasteiger partial charge >= 0.3 is 0 Å². The zero-order valence-corrected chi connectivity index (χ0v) is 10.6. The molecule has 1 aromatic carbocycles. The first kappa shape index (κ1) is 10.7. The predicted octanol–water partition coefficient (Wildman–Crippen LogP) is 3.51. The zero-order valence-electron chi connectivity index (χ0n) is 8.97. The van der Waals surface area contributed by atoms with Gasteiger partial charge in [0.15, 0.2) is 0 Å². The van der Waals surface area contributed by atoms with E-state index in [1.807, 2.05) is 12.1 Å². The van der Waals surface area contributed by atoms with E-state index in [0.717, 1.165) is 9.99 Å². The van der Waals surface area contributed by atoms with E-state index in [4.69, 9.17) is 5.73 Å². The molecule has 0 bridgehead atoms. The van der Waals surface area contributed by atoms with Gasteiger partial charge in [0.1, 0.15) is 0 Å². The minimum atomic E-state index is 0.475. The van der Waals surface area contributed by atoms with Gasteiger partial charge in [0.25, 0.3) is 0 Å². The van der Waals surface area contributed by atoms with E-state index >= 15 is 0 Å². The number of rotatable bonds is 2. The van der Waals surface area contributed by atoms with E-state index in [2.05, 4.69) is 40.8 Å². The Bertz CT molecular complexity index is 486. The van der Waals surface area contributed by atoms with Crippen molar-refractivity contribution >= 4 is 26.8 Å². The number of para-hydroxylation sites is 1. The molecular weight excluding hydrogens is 252 g/mol. The summed E-state index contributed by atoms with van der Waals surface area (Å²) in [4.78, 5) is 3.46. The van der Waals surface area contributed by atoms with Crippen molar-refractivity contribution in [1.82, 2.24) is 4.98 Å². The summed E-state index contributed by atoms with van der Waals surface area (Å²) in [7, 11) is 0. The second-order valence-corrected chi connectivity index (χ2v) is 4.89. The second-order valence-electron chi connectivity index (χ2n) is 4.04. The van der Waals surface area contributed by atoms with Gasteiger partial charge in [-0.3, -0.25) is 0 Å². The lowest BCUT2D eigenvalue weighted by molar-refractivity contribution is 0.814. The highest BCUT2D eigenvalue weighted by molar-refractivity contribution is 9.10. The lowest BCUT2D eigenvalue weighted by Gasteiger charge is -2.04. The number of benzene rings is 1. The lowest BCUT2D eigenvalue weighted by Crippen LogP contribution is -2.00. The molecule has 0 aliphatic heterocycles. The number of hydrogen-bond donors (Lipinski definition) is 2. The molecule has 0 aliphatic carbocycles. The minimum Gasteiger partial charge on any atom is -0.357 e. The van der Waals surface area contributed by atoms with Gasteiger partial charge in [-0.1, -0.05) is 26.0 Å². The number of hydrogen-bond acceptors (Lipinski definition) is 1. The third kappa shape index (κ3) is 1.70. The molecule has 0 amide bonds. The number of nitrogens with two attached hydrogens (primary N) is 1. The molecule has 0 spiro atoms. The first-order chi connectivity index (χ1) is 7.15. The molecule has 2 nitrogen and oxygen atoms in total. The average molecular weight is 267 g/mol. The molecule has 1 aromatic heterocycles. The first-order valence-electron chi connectivity index (χ1n) is 5.14. The van der Waals surface area contributed by atoms with Crippen LogP contribution in [-0.2, 0) is 6.54 Å². The largest absolute Gasteiger partial charge is 0.357 e. The van der Waals surface area contributed by atoms with Crippen LogP contribution in [0.5, 0.6) is 0 Å². The zero-order chi connectivity index (χ0) is 11.0. The van der Waals surface area contributed by atoms with E-state index in [1.165, 1.54) is 16.6 Å². The molecule has 3 heteroatoms. The van der Waals surface area contributed by atoms with E-state index in [9.17, 15) is 0 Å². The fourth-order valence-electron chi connectivity index (χ4n) is 1.97. The Morgan fingerprint density at radius 1 is 1.40 bits per heavy atom. The molecular formula is C12H15BrN2. The van der Waals surface area contributed by atoms with Gasteiger partial charge in [0, 0.05) is 22.1 Å². The molecule has 80 valence electrons. The maximum Gasteiger partial charge on any atom is 0.0603 e.